The summed E-state index contributed by atoms with van der Waals surface area (Å²) in [5.41, 5.74) is 0.352. The summed E-state index contributed by atoms with van der Waals surface area (Å²) in [7, 11) is 0. The van der Waals surface area contributed by atoms with Gasteiger partial charge >= 0.3 is 0 Å². The fourth-order valence-electron chi connectivity index (χ4n) is 2.38. The van der Waals surface area contributed by atoms with Gasteiger partial charge in [0, 0.05) is 0 Å². The highest BCUT2D eigenvalue weighted by Gasteiger charge is 2.24. The average molecular weight is 302 g/mol. The molecule has 19 heavy (non-hydrogen) atoms. The molecule has 1 fully saturated rings. The molecule has 0 aromatic heterocycles. The van der Waals surface area contributed by atoms with E-state index in [-0.39, 0.29) is 17.0 Å². The van der Waals surface area contributed by atoms with Crippen molar-refractivity contribution >= 4 is 29.1 Å². The Bertz CT molecular complexity index is 465. The van der Waals surface area contributed by atoms with Gasteiger partial charge in [-0.1, -0.05) is 48.5 Å². The summed E-state index contributed by atoms with van der Waals surface area (Å²) >= 11 is 11.9. The number of amides is 1. The summed E-state index contributed by atoms with van der Waals surface area (Å²) in [4.78, 5) is 12.2. The van der Waals surface area contributed by atoms with E-state index < -0.39 is 6.10 Å². The van der Waals surface area contributed by atoms with Gasteiger partial charge in [-0.25, -0.2) is 0 Å². The zero-order chi connectivity index (χ0) is 13.8. The van der Waals surface area contributed by atoms with Crippen LogP contribution < -0.4 is 5.32 Å². The van der Waals surface area contributed by atoms with Crippen LogP contribution in [0.1, 0.15) is 42.5 Å². The van der Waals surface area contributed by atoms with Gasteiger partial charge in [0.2, 0.25) is 0 Å². The summed E-state index contributed by atoms with van der Waals surface area (Å²) in [6.07, 6.45) is 4.17. The van der Waals surface area contributed by atoms with Crippen LogP contribution in [0.5, 0.6) is 0 Å². The van der Waals surface area contributed by atoms with Crippen molar-refractivity contribution in [1.29, 1.82) is 0 Å². The lowest BCUT2D eigenvalue weighted by Crippen LogP contribution is -2.42. The number of carbonyl (C=O) groups is 1. The Hall–Kier alpha value is -0.770. The van der Waals surface area contributed by atoms with E-state index in [0.717, 1.165) is 32.1 Å². The number of carbonyl (C=O) groups excluding carboxylic acids is 1. The molecule has 2 rings (SSSR count). The minimum Gasteiger partial charge on any atom is -0.391 e. The minimum atomic E-state index is -0.482. The van der Waals surface area contributed by atoms with Crippen LogP contribution in [0, 0.1) is 0 Å². The van der Waals surface area contributed by atoms with Gasteiger partial charge in [0.1, 0.15) is 0 Å². The normalized spacial score (nSPS) is 23.7. The second-order valence-electron chi connectivity index (χ2n) is 4.89. The highest BCUT2D eigenvalue weighted by molar-refractivity contribution is 6.43. The minimum absolute atomic E-state index is 0.204. The third kappa shape index (κ3) is 3.62. The number of aliphatic hydroxyl groups excluding tert-OH is 1. The number of benzene rings is 1. The van der Waals surface area contributed by atoms with Crippen LogP contribution in [-0.2, 0) is 0 Å². The summed E-state index contributed by atoms with van der Waals surface area (Å²) < 4.78 is 0. The van der Waals surface area contributed by atoms with Crippen molar-refractivity contribution < 1.29 is 9.90 Å². The predicted octanol–water partition coefficient (Wildman–Crippen LogP) is 3.42. The van der Waals surface area contributed by atoms with Crippen LogP contribution in [0.4, 0.5) is 0 Å². The maximum absolute atomic E-state index is 12.2. The second-order valence-corrected chi connectivity index (χ2v) is 5.67. The fraction of sp³-hybridized carbons (Fsp3) is 0.500. The van der Waals surface area contributed by atoms with Crippen molar-refractivity contribution in [3.05, 3.63) is 33.8 Å². The Morgan fingerprint density at radius 1 is 1.21 bits per heavy atom. The molecule has 1 aromatic carbocycles. The van der Waals surface area contributed by atoms with Crippen LogP contribution >= 0.6 is 23.2 Å². The van der Waals surface area contributed by atoms with Crippen LogP contribution in [0.2, 0.25) is 10.0 Å². The number of halogens is 2. The molecule has 1 aliphatic carbocycles. The summed E-state index contributed by atoms with van der Waals surface area (Å²) in [5, 5.41) is 13.5. The van der Waals surface area contributed by atoms with Crippen molar-refractivity contribution in [1.82, 2.24) is 5.32 Å². The van der Waals surface area contributed by atoms with E-state index in [4.69, 9.17) is 23.2 Å². The first-order valence-corrected chi connectivity index (χ1v) is 7.28. The molecule has 1 saturated carbocycles. The molecule has 1 aromatic rings. The van der Waals surface area contributed by atoms with Gasteiger partial charge in [-0.2, -0.15) is 0 Å². The molecular formula is C14H17Cl2NO2. The Morgan fingerprint density at radius 3 is 2.74 bits per heavy atom. The summed E-state index contributed by atoms with van der Waals surface area (Å²) in [6.45, 7) is 0. The molecule has 0 radical (unpaired) electrons. The fourth-order valence-corrected chi connectivity index (χ4v) is 2.77. The van der Waals surface area contributed by atoms with E-state index in [2.05, 4.69) is 5.32 Å². The van der Waals surface area contributed by atoms with Crippen molar-refractivity contribution in [3.63, 3.8) is 0 Å². The van der Waals surface area contributed by atoms with Gasteiger partial charge < -0.3 is 10.4 Å². The first-order chi connectivity index (χ1) is 9.09. The monoisotopic (exact) mass is 301 g/mol. The van der Waals surface area contributed by atoms with E-state index in [1.54, 1.807) is 18.2 Å². The highest BCUT2D eigenvalue weighted by Crippen LogP contribution is 2.26. The smallest absolute Gasteiger partial charge is 0.253 e. The number of hydrogen-bond acceptors (Lipinski definition) is 2. The summed E-state index contributed by atoms with van der Waals surface area (Å²) in [5.74, 6) is -0.279. The average Bonchev–Trinajstić information content (AvgIpc) is 2.58. The zero-order valence-electron chi connectivity index (χ0n) is 10.5. The van der Waals surface area contributed by atoms with Crippen molar-refractivity contribution in [2.24, 2.45) is 0 Å². The predicted molar refractivity (Wildman–Crippen MR) is 76.8 cm³/mol. The molecule has 1 amide bonds. The van der Waals surface area contributed by atoms with Crippen molar-refractivity contribution in [2.75, 3.05) is 0 Å². The van der Waals surface area contributed by atoms with E-state index >= 15 is 0 Å². The van der Waals surface area contributed by atoms with Gasteiger partial charge in [-0.3, -0.25) is 4.79 Å². The van der Waals surface area contributed by atoms with Crippen LogP contribution in [0.3, 0.4) is 0 Å². The van der Waals surface area contributed by atoms with Crippen LogP contribution in [0.15, 0.2) is 18.2 Å². The van der Waals surface area contributed by atoms with Crippen LogP contribution in [0.25, 0.3) is 0 Å². The van der Waals surface area contributed by atoms with Gasteiger partial charge in [0.15, 0.2) is 0 Å². The molecule has 0 heterocycles. The largest absolute Gasteiger partial charge is 0.391 e. The molecule has 2 N–H and O–H groups in total. The Kier molecular flexibility index (Phi) is 5.08. The molecule has 0 saturated heterocycles. The van der Waals surface area contributed by atoms with E-state index in [1.807, 2.05) is 0 Å². The topological polar surface area (TPSA) is 49.3 Å². The molecule has 2 atom stereocenters. The molecule has 0 spiro atoms. The Balaban J connectivity index is 2.09. The first-order valence-electron chi connectivity index (χ1n) is 6.52. The lowest BCUT2D eigenvalue weighted by atomic mass is 10.1. The van der Waals surface area contributed by atoms with E-state index in [0.29, 0.717) is 10.6 Å². The van der Waals surface area contributed by atoms with Crippen molar-refractivity contribution in [2.45, 2.75) is 44.2 Å². The maximum Gasteiger partial charge on any atom is 0.253 e. The molecule has 3 nitrogen and oxygen atoms in total. The standard InChI is InChI=1S/C14H17Cl2NO2/c15-10-6-4-5-9(13(10)16)14(19)17-11-7-2-1-3-8-12(11)18/h4-6,11-12,18H,1-3,7-8H2,(H,17,19). The molecular weight excluding hydrogens is 285 g/mol. The van der Waals surface area contributed by atoms with E-state index in [1.165, 1.54) is 0 Å². The van der Waals surface area contributed by atoms with E-state index in [9.17, 15) is 9.90 Å². The molecule has 2 unspecified atom stereocenters. The van der Waals surface area contributed by atoms with Gasteiger partial charge in [-0.05, 0) is 25.0 Å². The number of hydrogen-bond donors (Lipinski definition) is 2. The van der Waals surface area contributed by atoms with Gasteiger partial charge in [-0.15, -0.1) is 0 Å². The zero-order valence-corrected chi connectivity index (χ0v) is 12.0. The third-order valence-corrected chi connectivity index (χ3v) is 4.31. The number of nitrogens with one attached hydrogen (secondary N) is 1. The number of aliphatic hydroxyl groups is 1. The summed E-state index contributed by atoms with van der Waals surface area (Å²) in [6, 6.07) is 4.76. The lowest BCUT2D eigenvalue weighted by molar-refractivity contribution is 0.0819. The third-order valence-electron chi connectivity index (χ3n) is 3.49. The van der Waals surface area contributed by atoms with Crippen LogP contribution in [-0.4, -0.2) is 23.2 Å². The van der Waals surface area contributed by atoms with Crippen molar-refractivity contribution in [3.8, 4) is 0 Å². The molecule has 0 aliphatic heterocycles. The first kappa shape index (κ1) is 14.6. The Labute approximate surface area is 122 Å². The molecule has 104 valence electrons. The Morgan fingerprint density at radius 2 is 1.95 bits per heavy atom. The molecule has 0 bridgehead atoms. The van der Waals surface area contributed by atoms with Gasteiger partial charge in [0.25, 0.3) is 5.91 Å². The number of rotatable bonds is 2. The SMILES string of the molecule is O=C(NC1CCCCCC1O)c1cccc(Cl)c1Cl. The molecule has 1 aliphatic rings. The van der Waals surface area contributed by atoms with Gasteiger partial charge in [0.05, 0.1) is 27.8 Å². The highest BCUT2D eigenvalue weighted by atomic mass is 35.5. The maximum atomic E-state index is 12.2. The lowest BCUT2D eigenvalue weighted by Gasteiger charge is -2.22. The second kappa shape index (κ2) is 6.60. The molecule has 5 heteroatoms. The quantitative estimate of drug-likeness (QED) is 0.822.